The van der Waals surface area contributed by atoms with Crippen LogP contribution in [0.1, 0.15) is 22.8 Å². The molecule has 0 saturated heterocycles. The summed E-state index contributed by atoms with van der Waals surface area (Å²) in [6, 6.07) is 12.8. The summed E-state index contributed by atoms with van der Waals surface area (Å²) >= 11 is 0. The molecule has 0 saturated carbocycles. The molecule has 0 atom stereocenters. The molecule has 1 amide bonds. The van der Waals surface area contributed by atoms with Gasteiger partial charge in [0.15, 0.2) is 0 Å². The molecule has 0 spiro atoms. The van der Waals surface area contributed by atoms with Crippen molar-refractivity contribution in [1.29, 1.82) is 0 Å². The Kier molecular flexibility index (Phi) is 5.54. The van der Waals surface area contributed by atoms with Crippen molar-refractivity contribution in [2.75, 3.05) is 0 Å². The molecule has 6 heteroatoms. The average molecular weight is 414 g/mol. The lowest BCUT2D eigenvalue weighted by Crippen LogP contribution is -2.21. The van der Waals surface area contributed by atoms with Crippen molar-refractivity contribution in [2.24, 2.45) is 7.05 Å². The van der Waals surface area contributed by atoms with Crippen molar-refractivity contribution in [1.82, 2.24) is 19.7 Å². The Morgan fingerprint density at radius 3 is 2.68 bits per heavy atom. The lowest BCUT2D eigenvalue weighted by atomic mass is 10.1. The SMILES string of the molecule is C=CC(=CC)NC(=O)c1cn(Cc2ccc(-c3cnn(C)c3)cc2F)c2ccccc12. The summed E-state index contributed by atoms with van der Waals surface area (Å²) in [6.07, 6.45) is 8.70. The Morgan fingerprint density at radius 2 is 2.00 bits per heavy atom. The van der Waals surface area contributed by atoms with E-state index in [0.717, 1.165) is 22.0 Å². The molecule has 5 nitrogen and oxygen atoms in total. The number of benzene rings is 2. The molecular formula is C25H23FN4O. The minimum atomic E-state index is -0.298. The molecule has 0 fully saturated rings. The number of fused-ring (bicyclic) bond motifs is 1. The highest BCUT2D eigenvalue weighted by Gasteiger charge is 2.16. The standard InChI is InChI=1S/C25H23FN4O/c1-4-20(5-2)28-25(31)22-16-30(24-9-7-6-8-21(22)24)15-18-11-10-17(12-23(18)26)19-13-27-29(3)14-19/h4-14,16H,1,15H2,2-3H3,(H,28,31). The number of amides is 1. The van der Waals surface area contributed by atoms with E-state index in [1.54, 1.807) is 35.3 Å². The van der Waals surface area contributed by atoms with E-state index < -0.39 is 0 Å². The van der Waals surface area contributed by atoms with Crippen LogP contribution in [0.4, 0.5) is 4.39 Å². The normalized spacial score (nSPS) is 11.6. The maximum Gasteiger partial charge on any atom is 0.257 e. The van der Waals surface area contributed by atoms with Crippen molar-refractivity contribution < 1.29 is 9.18 Å². The third-order valence-corrected chi connectivity index (χ3v) is 5.25. The number of nitrogens with zero attached hydrogens (tertiary/aromatic N) is 3. The molecule has 2 heterocycles. The molecule has 0 aliphatic rings. The van der Waals surface area contributed by atoms with Crippen molar-refractivity contribution in [3.05, 3.63) is 102 Å². The average Bonchev–Trinajstić information content (AvgIpc) is 3.37. The maximum atomic E-state index is 14.9. The fraction of sp³-hybridized carbons (Fsp3) is 0.120. The van der Waals surface area contributed by atoms with Gasteiger partial charge in [0.2, 0.25) is 0 Å². The maximum absolute atomic E-state index is 14.9. The van der Waals surface area contributed by atoms with Crippen LogP contribution in [-0.2, 0) is 13.6 Å². The number of para-hydroxylation sites is 1. The summed E-state index contributed by atoms with van der Waals surface area (Å²) in [5, 5.41) is 7.80. The molecule has 0 aliphatic heterocycles. The smallest absolute Gasteiger partial charge is 0.257 e. The molecule has 2 aromatic heterocycles. The van der Waals surface area contributed by atoms with Crippen molar-refractivity contribution in [3.8, 4) is 11.1 Å². The molecule has 0 radical (unpaired) electrons. The fourth-order valence-electron chi connectivity index (χ4n) is 3.61. The van der Waals surface area contributed by atoms with Crippen molar-refractivity contribution in [3.63, 3.8) is 0 Å². The van der Waals surface area contributed by atoms with Crippen LogP contribution in [0.15, 0.2) is 85.5 Å². The van der Waals surface area contributed by atoms with E-state index in [1.165, 1.54) is 6.07 Å². The molecule has 0 aliphatic carbocycles. The molecule has 4 rings (SSSR count). The number of carbonyl (C=O) groups excluding carboxylic acids is 1. The van der Waals surface area contributed by atoms with Gasteiger partial charge >= 0.3 is 0 Å². The Morgan fingerprint density at radius 1 is 1.19 bits per heavy atom. The highest BCUT2D eigenvalue weighted by Crippen LogP contribution is 2.25. The first-order valence-electron chi connectivity index (χ1n) is 9.95. The number of allylic oxidation sites excluding steroid dienone is 2. The molecule has 0 bridgehead atoms. The zero-order chi connectivity index (χ0) is 22.0. The number of nitrogens with one attached hydrogen (secondary N) is 1. The van der Waals surface area contributed by atoms with E-state index >= 15 is 0 Å². The van der Waals surface area contributed by atoms with Gasteiger partial charge in [-0.1, -0.05) is 43.0 Å². The molecule has 0 unspecified atom stereocenters. The zero-order valence-electron chi connectivity index (χ0n) is 17.5. The molecule has 31 heavy (non-hydrogen) atoms. The first-order chi connectivity index (χ1) is 15.0. The predicted molar refractivity (Wildman–Crippen MR) is 121 cm³/mol. The minimum absolute atomic E-state index is 0.227. The number of halogens is 1. The lowest BCUT2D eigenvalue weighted by Gasteiger charge is -2.08. The molecule has 4 aromatic rings. The number of hydrogen-bond donors (Lipinski definition) is 1. The number of rotatable bonds is 6. The Balaban J connectivity index is 1.68. The second kappa shape index (κ2) is 8.44. The number of aryl methyl sites for hydroxylation is 1. The third kappa shape index (κ3) is 4.05. The third-order valence-electron chi connectivity index (χ3n) is 5.25. The van der Waals surface area contributed by atoms with Gasteiger partial charge in [0.05, 0.1) is 18.3 Å². The van der Waals surface area contributed by atoms with Crippen LogP contribution in [0, 0.1) is 5.82 Å². The van der Waals surface area contributed by atoms with E-state index in [1.807, 2.05) is 55.1 Å². The summed E-state index contributed by atoms with van der Waals surface area (Å²) in [5.41, 5.74) is 4.21. The molecular weight excluding hydrogens is 391 g/mol. The minimum Gasteiger partial charge on any atom is -0.342 e. The monoisotopic (exact) mass is 414 g/mol. The second-order valence-corrected chi connectivity index (χ2v) is 7.30. The summed E-state index contributed by atoms with van der Waals surface area (Å²) in [4.78, 5) is 12.8. The molecule has 2 aromatic carbocycles. The van der Waals surface area contributed by atoms with Crippen LogP contribution in [0.2, 0.25) is 0 Å². The second-order valence-electron chi connectivity index (χ2n) is 7.30. The van der Waals surface area contributed by atoms with Gasteiger partial charge in [-0.3, -0.25) is 9.48 Å². The van der Waals surface area contributed by atoms with E-state index in [9.17, 15) is 9.18 Å². The van der Waals surface area contributed by atoms with Crippen molar-refractivity contribution in [2.45, 2.75) is 13.5 Å². The van der Waals surface area contributed by atoms with Gasteiger partial charge in [-0.25, -0.2) is 4.39 Å². The van der Waals surface area contributed by atoms with E-state index in [0.29, 0.717) is 23.4 Å². The predicted octanol–water partition coefficient (Wildman–Crippen LogP) is 5.05. The molecule has 1 N–H and O–H groups in total. The summed E-state index contributed by atoms with van der Waals surface area (Å²) in [7, 11) is 1.83. The zero-order valence-corrected chi connectivity index (χ0v) is 17.5. The van der Waals surface area contributed by atoms with Gasteiger partial charge in [-0.2, -0.15) is 5.10 Å². The first kappa shape index (κ1) is 20.3. The lowest BCUT2D eigenvalue weighted by molar-refractivity contribution is 0.0968. The Bertz CT molecular complexity index is 1310. The fourth-order valence-corrected chi connectivity index (χ4v) is 3.61. The summed E-state index contributed by atoms with van der Waals surface area (Å²) in [6.45, 7) is 5.85. The van der Waals surface area contributed by atoms with Crippen LogP contribution < -0.4 is 5.32 Å². The Labute approximate surface area is 180 Å². The first-order valence-corrected chi connectivity index (χ1v) is 9.95. The van der Waals surface area contributed by atoms with E-state index in [-0.39, 0.29) is 11.7 Å². The van der Waals surface area contributed by atoms with E-state index in [2.05, 4.69) is 17.0 Å². The van der Waals surface area contributed by atoms with Gasteiger partial charge < -0.3 is 9.88 Å². The number of hydrogen-bond acceptors (Lipinski definition) is 2. The largest absolute Gasteiger partial charge is 0.342 e. The quantitative estimate of drug-likeness (QED) is 0.449. The molecule has 156 valence electrons. The number of aromatic nitrogens is 3. The van der Waals surface area contributed by atoms with Gasteiger partial charge in [-0.15, -0.1) is 0 Å². The Hall–Kier alpha value is -3.93. The van der Waals surface area contributed by atoms with Gasteiger partial charge in [0.1, 0.15) is 5.82 Å². The number of carbonyl (C=O) groups is 1. The topological polar surface area (TPSA) is 51.9 Å². The van der Waals surface area contributed by atoms with Gasteiger partial charge in [-0.05, 0) is 30.7 Å². The van der Waals surface area contributed by atoms with Crippen LogP contribution in [-0.4, -0.2) is 20.3 Å². The van der Waals surface area contributed by atoms with Gasteiger partial charge in [0, 0.05) is 47.2 Å². The van der Waals surface area contributed by atoms with Crippen molar-refractivity contribution >= 4 is 16.8 Å². The summed E-state index contributed by atoms with van der Waals surface area (Å²) in [5.74, 6) is -0.525. The van der Waals surface area contributed by atoms with Gasteiger partial charge in [0.25, 0.3) is 5.91 Å². The van der Waals surface area contributed by atoms with Crippen LogP contribution in [0.5, 0.6) is 0 Å². The summed E-state index contributed by atoms with van der Waals surface area (Å²) < 4.78 is 18.5. The van der Waals surface area contributed by atoms with Crippen LogP contribution in [0.3, 0.4) is 0 Å². The van der Waals surface area contributed by atoms with Crippen LogP contribution >= 0.6 is 0 Å². The van der Waals surface area contributed by atoms with E-state index in [4.69, 9.17) is 0 Å². The highest BCUT2D eigenvalue weighted by atomic mass is 19.1. The highest BCUT2D eigenvalue weighted by molar-refractivity contribution is 6.07. The van der Waals surface area contributed by atoms with Crippen LogP contribution in [0.25, 0.3) is 22.0 Å².